The molecule has 2 aliphatic rings. The molecule has 9 nitrogen and oxygen atoms in total. The number of carbonyl (C=O) groups excluding carboxylic acids is 1. The van der Waals surface area contributed by atoms with Crippen molar-refractivity contribution < 1.29 is 19.2 Å². The average molecular weight is 358 g/mol. The first kappa shape index (κ1) is 16.4. The number of hydrogen-bond acceptors (Lipinski definition) is 6. The zero-order valence-electron chi connectivity index (χ0n) is 14.0. The second kappa shape index (κ2) is 6.32. The Morgan fingerprint density at radius 3 is 2.73 bits per heavy atom. The van der Waals surface area contributed by atoms with Gasteiger partial charge in [-0.05, 0) is 29.9 Å². The van der Waals surface area contributed by atoms with Crippen LogP contribution >= 0.6 is 0 Å². The summed E-state index contributed by atoms with van der Waals surface area (Å²) in [6.45, 7) is -0.119. The topological polar surface area (TPSA) is 109 Å². The predicted octanol–water partition coefficient (Wildman–Crippen LogP) is 2.86. The van der Waals surface area contributed by atoms with E-state index in [-0.39, 0.29) is 18.3 Å². The van der Waals surface area contributed by atoms with Gasteiger partial charge in [0.1, 0.15) is 6.54 Å². The molecule has 1 aliphatic heterocycles. The Bertz CT molecular complexity index is 857. The lowest BCUT2D eigenvalue weighted by Gasteiger charge is -2.31. The lowest BCUT2D eigenvalue weighted by atomic mass is 9.94. The molecule has 1 aromatic heterocycles. The fraction of sp³-hybridized carbons (Fsp3) is 0.412. The molecule has 1 amide bonds. The maximum absolute atomic E-state index is 12.1. The Kier molecular flexibility index (Phi) is 3.98. The number of ether oxygens (including phenoxy) is 2. The maximum Gasteiger partial charge on any atom is 0.389 e. The highest BCUT2D eigenvalue weighted by molar-refractivity contribution is 5.90. The van der Waals surface area contributed by atoms with Crippen LogP contribution in [0.15, 0.2) is 30.5 Å². The Hall–Kier alpha value is -3.10. The zero-order chi connectivity index (χ0) is 18.1. The highest BCUT2D eigenvalue weighted by atomic mass is 16.7. The molecule has 1 fully saturated rings. The van der Waals surface area contributed by atoms with Gasteiger partial charge in [0.05, 0.1) is 17.4 Å². The van der Waals surface area contributed by atoms with Gasteiger partial charge in [-0.2, -0.15) is 4.68 Å². The molecule has 0 saturated heterocycles. The number of aromatic nitrogens is 2. The zero-order valence-corrected chi connectivity index (χ0v) is 14.0. The van der Waals surface area contributed by atoms with Crippen molar-refractivity contribution in [2.75, 3.05) is 5.32 Å². The van der Waals surface area contributed by atoms with E-state index in [0.29, 0.717) is 17.2 Å². The Morgan fingerprint density at radius 2 is 2.00 bits per heavy atom. The monoisotopic (exact) mass is 358 g/mol. The fourth-order valence-electron chi connectivity index (χ4n) is 3.35. The largest absolute Gasteiger partial charge is 0.448 e. The molecule has 0 unspecified atom stereocenters. The molecule has 0 atom stereocenters. The first-order valence-corrected chi connectivity index (χ1v) is 8.53. The number of carbonyl (C=O) groups is 1. The summed E-state index contributed by atoms with van der Waals surface area (Å²) in [5.74, 6) is 0.122. The molecular formula is C17H18N4O5. The van der Waals surface area contributed by atoms with Crippen LogP contribution in [0.25, 0.3) is 0 Å². The number of anilines is 1. The number of nitrogens with zero attached hydrogens (tertiary/aromatic N) is 3. The van der Waals surface area contributed by atoms with Crippen molar-refractivity contribution in [1.29, 1.82) is 0 Å². The van der Waals surface area contributed by atoms with Crippen LogP contribution < -0.4 is 14.8 Å². The van der Waals surface area contributed by atoms with Crippen LogP contribution in [-0.4, -0.2) is 26.4 Å². The van der Waals surface area contributed by atoms with Crippen LogP contribution in [0.2, 0.25) is 0 Å². The Labute approximate surface area is 149 Å². The molecule has 2 heterocycles. The summed E-state index contributed by atoms with van der Waals surface area (Å²) < 4.78 is 13.3. The number of hydrogen-bond donors (Lipinski definition) is 1. The van der Waals surface area contributed by atoms with Crippen molar-refractivity contribution in [3.63, 3.8) is 0 Å². The summed E-state index contributed by atoms with van der Waals surface area (Å²) in [5.41, 5.74) is 0.576. The van der Waals surface area contributed by atoms with Crippen LogP contribution in [0.5, 0.6) is 11.5 Å². The van der Waals surface area contributed by atoms with Crippen molar-refractivity contribution in [2.24, 2.45) is 0 Å². The van der Waals surface area contributed by atoms with E-state index in [1.807, 2.05) is 0 Å². The van der Waals surface area contributed by atoms with E-state index < -0.39 is 10.7 Å². The number of nitro groups is 1. The highest BCUT2D eigenvalue weighted by Crippen LogP contribution is 2.46. The predicted molar refractivity (Wildman–Crippen MR) is 91.0 cm³/mol. The molecule has 26 heavy (non-hydrogen) atoms. The van der Waals surface area contributed by atoms with E-state index in [0.717, 1.165) is 25.7 Å². The number of fused-ring (bicyclic) bond motifs is 1. The minimum absolute atomic E-state index is 0.119. The molecule has 4 rings (SSSR count). The van der Waals surface area contributed by atoms with Gasteiger partial charge < -0.3 is 24.9 Å². The Balaban J connectivity index is 1.41. The van der Waals surface area contributed by atoms with Gasteiger partial charge in [0.2, 0.25) is 5.91 Å². The summed E-state index contributed by atoms with van der Waals surface area (Å²) in [7, 11) is 0. The maximum atomic E-state index is 12.1. The second-order valence-electron chi connectivity index (χ2n) is 6.51. The van der Waals surface area contributed by atoms with Crippen LogP contribution in [0, 0.1) is 10.1 Å². The van der Waals surface area contributed by atoms with E-state index >= 15 is 0 Å². The summed E-state index contributed by atoms with van der Waals surface area (Å²) in [6.07, 6.45) is 6.46. The Morgan fingerprint density at radius 1 is 1.23 bits per heavy atom. The number of benzene rings is 1. The van der Waals surface area contributed by atoms with Gasteiger partial charge in [-0.25, -0.2) is 0 Å². The molecular weight excluding hydrogens is 340 g/mol. The van der Waals surface area contributed by atoms with Crippen LogP contribution in [0.3, 0.4) is 0 Å². The van der Waals surface area contributed by atoms with E-state index in [9.17, 15) is 14.9 Å². The van der Waals surface area contributed by atoms with Crippen molar-refractivity contribution >= 4 is 17.4 Å². The van der Waals surface area contributed by atoms with E-state index in [2.05, 4.69) is 10.4 Å². The van der Waals surface area contributed by atoms with Gasteiger partial charge in [-0.1, -0.05) is 6.42 Å². The quantitative estimate of drug-likeness (QED) is 0.665. The minimum atomic E-state index is -0.604. The molecule has 1 aromatic carbocycles. The summed E-state index contributed by atoms with van der Waals surface area (Å²) in [6, 6.07) is 6.51. The molecule has 1 spiro atoms. The molecule has 9 heteroatoms. The van der Waals surface area contributed by atoms with E-state index in [1.165, 1.54) is 23.4 Å². The van der Waals surface area contributed by atoms with Crippen LogP contribution in [0.1, 0.15) is 32.1 Å². The molecule has 136 valence electrons. The lowest BCUT2D eigenvalue weighted by molar-refractivity contribution is -0.389. The van der Waals surface area contributed by atoms with Crippen molar-refractivity contribution in [3.8, 4) is 11.5 Å². The summed E-state index contributed by atoms with van der Waals surface area (Å²) in [5, 5.41) is 17.1. The molecule has 1 aliphatic carbocycles. The van der Waals surface area contributed by atoms with Gasteiger partial charge in [-0.15, -0.1) is 0 Å². The molecule has 2 aromatic rings. The number of nitrogens with one attached hydrogen (secondary N) is 1. The first-order chi connectivity index (χ1) is 12.5. The van der Waals surface area contributed by atoms with Crippen LogP contribution in [-0.2, 0) is 11.3 Å². The standard InChI is InChI=1S/C17H18N4O5/c22-16(11-20-9-6-15(19-20)21(23)24)18-12-4-5-13-14(10-12)26-17(25-13)7-2-1-3-8-17/h4-6,9-10H,1-3,7-8,11H2,(H,18,22). The normalized spacial score (nSPS) is 17.2. The van der Waals surface area contributed by atoms with Gasteiger partial charge in [0, 0.05) is 24.6 Å². The van der Waals surface area contributed by atoms with E-state index in [1.54, 1.807) is 18.2 Å². The molecule has 1 saturated carbocycles. The smallest absolute Gasteiger partial charge is 0.389 e. The summed E-state index contributed by atoms with van der Waals surface area (Å²) in [4.78, 5) is 22.2. The third-order valence-electron chi connectivity index (χ3n) is 4.55. The molecule has 0 bridgehead atoms. The highest BCUT2D eigenvalue weighted by Gasteiger charge is 2.42. The lowest BCUT2D eigenvalue weighted by Crippen LogP contribution is -2.40. The number of amides is 1. The third kappa shape index (κ3) is 3.19. The average Bonchev–Trinajstić information content (AvgIpc) is 3.19. The molecule has 1 N–H and O–H groups in total. The van der Waals surface area contributed by atoms with Crippen molar-refractivity contribution in [1.82, 2.24) is 9.78 Å². The second-order valence-corrected chi connectivity index (χ2v) is 6.51. The van der Waals surface area contributed by atoms with Gasteiger partial charge in [0.25, 0.3) is 5.79 Å². The fourth-order valence-corrected chi connectivity index (χ4v) is 3.35. The summed E-state index contributed by atoms with van der Waals surface area (Å²) >= 11 is 0. The first-order valence-electron chi connectivity index (χ1n) is 8.53. The SMILES string of the molecule is O=C(Cn1ccc([N+](=O)[O-])n1)Nc1ccc2c(c1)OC1(CCCCC1)O2. The van der Waals surface area contributed by atoms with Crippen molar-refractivity contribution in [2.45, 2.75) is 44.4 Å². The van der Waals surface area contributed by atoms with Crippen LogP contribution in [0.4, 0.5) is 11.5 Å². The minimum Gasteiger partial charge on any atom is -0.448 e. The number of rotatable bonds is 4. The van der Waals surface area contributed by atoms with Gasteiger partial charge >= 0.3 is 5.82 Å². The third-order valence-corrected chi connectivity index (χ3v) is 4.55. The van der Waals surface area contributed by atoms with E-state index in [4.69, 9.17) is 9.47 Å². The molecule has 0 radical (unpaired) electrons. The van der Waals surface area contributed by atoms with Gasteiger partial charge in [-0.3, -0.25) is 4.79 Å². The van der Waals surface area contributed by atoms with Crippen molar-refractivity contribution in [3.05, 3.63) is 40.6 Å². The van der Waals surface area contributed by atoms with Gasteiger partial charge in [0.15, 0.2) is 11.5 Å².